The second-order valence-corrected chi connectivity index (χ2v) is 11.6. The van der Waals surface area contributed by atoms with Gasteiger partial charge in [0.25, 0.3) is 5.91 Å². The molecule has 0 bridgehead atoms. The number of anilines is 2. The van der Waals surface area contributed by atoms with E-state index in [9.17, 15) is 14.4 Å². The maximum absolute atomic E-state index is 14.4. The fraction of sp³-hybridized carbons (Fsp3) is 0.406. The van der Waals surface area contributed by atoms with Crippen LogP contribution in [-0.2, 0) is 26.3 Å². The molecule has 0 radical (unpaired) electrons. The van der Waals surface area contributed by atoms with Crippen molar-refractivity contribution in [1.82, 2.24) is 10.6 Å². The lowest BCUT2D eigenvalue weighted by Crippen LogP contribution is -2.59. The number of nitrogens with one attached hydrogen (secondary N) is 2. The molecule has 3 amide bonds. The van der Waals surface area contributed by atoms with Crippen molar-refractivity contribution in [3.8, 4) is 0 Å². The Morgan fingerprint density at radius 3 is 2.36 bits per heavy atom. The van der Waals surface area contributed by atoms with Gasteiger partial charge < -0.3 is 20.4 Å². The summed E-state index contributed by atoms with van der Waals surface area (Å²) in [7, 11) is 1.70. The predicted molar refractivity (Wildman–Crippen MR) is 158 cm³/mol. The first kappa shape index (κ1) is 28.3. The molecular formula is C32H40N4O3. The highest BCUT2D eigenvalue weighted by atomic mass is 16.2. The van der Waals surface area contributed by atoms with Gasteiger partial charge in [0, 0.05) is 6.92 Å². The molecule has 1 heterocycles. The summed E-state index contributed by atoms with van der Waals surface area (Å²) in [5, 5.41) is 8.06. The first-order chi connectivity index (χ1) is 18.3. The third-order valence-corrected chi connectivity index (χ3v) is 7.87. The van der Waals surface area contributed by atoms with Crippen LogP contribution in [0.25, 0.3) is 10.8 Å². The minimum Gasteiger partial charge on any atom is -0.341 e. The monoisotopic (exact) mass is 528 g/mol. The lowest BCUT2D eigenvalue weighted by atomic mass is 9.86. The van der Waals surface area contributed by atoms with Crippen molar-refractivity contribution < 1.29 is 14.4 Å². The Hall–Kier alpha value is -3.71. The van der Waals surface area contributed by atoms with Crippen LogP contribution in [0.3, 0.4) is 0 Å². The number of hydrogen-bond acceptors (Lipinski definition) is 4. The van der Waals surface area contributed by atoms with E-state index in [0.717, 1.165) is 27.5 Å². The van der Waals surface area contributed by atoms with Gasteiger partial charge in [-0.25, -0.2) is 0 Å². The van der Waals surface area contributed by atoms with Crippen LogP contribution in [0.2, 0.25) is 0 Å². The molecule has 0 aromatic heterocycles. The Labute approximate surface area is 231 Å². The van der Waals surface area contributed by atoms with Gasteiger partial charge in [0.15, 0.2) is 0 Å². The van der Waals surface area contributed by atoms with E-state index < -0.39 is 18.1 Å². The van der Waals surface area contributed by atoms with Crippen LogP contribution in [0.15, 0.2) is 54.6 Å². The van der Waals surface area contributed by atoms with Crippen LogP contribution in [0.5, 0.6) is 0 Å². The molecule has 1 aliphatic heterocycles. The molecule has 7 nitrogen and oxygen atoms in total. The van der Waals surface area contributed by atoms with E-state index in [1.54, 1.807) is 23.8 Å². The van der Waals surface area contributed by atoms with E-state index >= 15 is 0 Å². The van der Waals surface area contributed by atoms with E-state index in [-0.39, 0.29) is 23.1 Å². The summed E-state index contributed by atoms with van der Waals surface area (Å²) in [6.07, 6.45) is 0. The second-order valence-electron chi connectivity index (χ2n) is 11.6. The fourth-order valence-electron chi connectivity index (χ4n) is 5.30. The van der Waals surface area contributed by atoms with Crippen molar-refractivity contribution in [3.63, 3.8) is 0 Å². The lowest BCUT2D eigenvalue weighted by molar-refractivity contribution is -0.129. The SMILES string of the molecule is CN[C@@H](C)C(=O)NC1C(=O)N(Cc2c(C)ccc3ccccc23)c2ccc(C(C)(C)C)cc2N(C(C)=O)[C@H]1C. The fourth-order valence-corrected chi connectivity index (χ4v) is 5.30. The van der Waals surface area contributed by atoms with Crippen molar-refractivity contribution in [2.24, 2.45) is 0 Å². The van der Waals surface area contributed by atoms with Crippen molar-refractivity contribution >= 4 is 39.9 Å². The molecular weight excluding hydrogens is 488 g/mol. The van der Waals surface area contributed by atoms with Crippen LogP contribution in [0.4, 0.5) is 11.4 Å². The smallest absolute Gasteiger partial charge is 0.252 e. The number of carbonyl (C=O) groups excluding carboxylic acids is 3. The van der Waals surface area contributed by atoms with E-state index in [4.69, 9.17) is 0 Å². The molecule has 0 saturated carbocycles. The van der Waals surface area contributed by atoms with Gasteiger partial charge in [0.1, 0.15) is 6.04 Å². The molecule has 3 aromatic rings. The van der Waals surface area contributed by atoms with Crippen LogP contribution in [0.1, 0.15) is 58.2 Å². The molecule has 0 aliphatic carbocycles. The quantitative estimate of drug-likeness (QED) is 0.497. The molecule has 4 rings (SSSR count). The number of nitrogens with zero attached hydrogens (tertiary/aromatic N) is 2. The molecule has 0 saturated heterocycles. The molecule has 1 aliphatic rings. The molecule has 7 heteroatoms. The van der Waals surface area contributed by atoms with Crippen molar-refractivity contribution in [2.75, 3.05) is 16.8 Å². The zero-order valence-corrected chi connectivity index (χ0v) is 24.3. The lowest BCUT2D eigenvalue weighted by Gasteiger charge is -2.32. The third kappa shape index (κ3) is 5.41. The number of benzene rings is 3. The Morgan fingerprint density at radius 2 is 1.72 bits per heavy atom. The molecule has 0 fully saturated rings. The summed E-state index contributed by atoms with van der Waals surface area (Å²) < 4.78 is 0. The maximum Gasteiger partial charge on any atom is 0.252 e. The molecule has 2 N–H and O–H groups in total. The number of amides is 3. The van der Waals surface area contributed by atoms with E-state index in [1.807, 2.05) is 44.2 Å². The van der Waals surface area contributed by atoms with Crippen LogP contribution < -0.4 is 20.4 Å². The number of fused-ring (bicyclic) bond motifs is 2. The normalized spacial score (nSPS) is 18.5. The highest BCUT2D eigenvalue weighted by Crippen LogP contribution is 2.40. The van der Waals surface area contributed by atoms with Crippen molar-refractivity contribution in [3.05, 3.63) is 71.3 Å². The van der Waals surface area contributed by atoms with Gasteiger partial charge in [0.05, 0.1) is 30.0 Å². The number of carbonyl (C=O) groups is 3. The molecule has 3 atom stereocenters. The summed E-state index contributed by atoms with van der Waals surface area (Å²) in [6, 6.07) is 16.3. The highest BCUT2D eigenvalue weighted by molar-refractivity contribution is 6.09. The van der Waals surface area contributed by atoms with Gasteiger partial charge in [-0.1, -0.05) is 63.2 Å². The number of hydrogen-bond donors (Lipinski definition) is 2. The Balaban J connectivity index is 1.94. The average Bonchev–Trinajstić information content (AvgIpc) is 2.97. The summed E-state index contributed by atoms with van der Waals surface area (Å²) in [4.78, 5) is 44.0. The molecule has 1 unspecified atom stereocenters. The van der Waals surface area contributed by atoms with Crippen molar-refractivity contribution in [1.29, 1.82) is 0 Å². The highest BCUT2D eigenvalue weighted by Gasteiger charge is 2.42. The second kappa shape index (κ2) is 10.8. The minimum absolute atomic E-state index is 0.163. The largest absolute Gasteiger partial charge is 0.341 e. The maximum atomic E-state index is 14.4. The van der Waals surface area contributed by atoms with E-state index in [1.165, 1.54) is 6.92 Å². The topological polar surface area (TPSA) is 81.8 Å². The Bertz CT molecular complexity index is 1420. The van der Waals surface area contributed by atoms with Crippen LogP contribution in [0, 0.1) is 6.92 Å². The molecule has 0 spiro atoms. The van der Waals surface area contributed by atoms with Gasteiger partial charge >= 0.3 is 0 Å². The zero-order chi connectivity index (χ0) is 28.6. The molecule has 206 valence electrons. The minimum atomic E-state index is -0.932. The Morgan fingerprint density at radius 1 is 1.03 bits per heavy atom. The summed E-state index contributed by atoms with van der Waals surface area (Å²) in [5.74, 6) is -0.736. The summed E-state index contributed by atoms with van der Waals surface area (Å²) in [5.41, 5.74) is 4.32. The zero-order valence-electron chi connectivity index (χ0n) is 24.3. The number of likely N-dealkylation sites (N-methyl/N-ethyl adjacent to an activating group) is 1. The first-order valence-electron chi connectivity index (χ1n) is 13.6. The van der Waals surface area contributed by atoms with Gasteiger partial charge in [-0.05, 0) is 72.8 Å². The van der Waals surface area contributed by atoms with Gasteiger partial charge in [-0.2, -0.15) is 0 Å². The molecule has 39 heavy (non-hydrogen) atoms. The Kier molecular flexibility index (Phi) is 7.84. The van der Waals surface area contributed by atoms with Gasteiger partial charge in [0.2, 0.25) is 11.8 Å². The van der Waals surface area contributed by atoms with E-state index in [2.05, 4.69) is 55.7 Å². The van der Waals surface area contributed by atoms with Crippen LogP contribution >= 0.6 is 0 Å². The third-order valence-electron chi connectivity index (χ3n) is 7.87. The van der Waals surface area contributed by atoms with Gasteiger partial charge in [-0.3, -0.25) is 14.4 Å². The average molecular weight is 529 g/mol. The van der Waals surface area contributed by atoms with Crippen molar-refractivity contribution in [2.45, 2.75) is 78.6 Å². The number of rotatable bonds is 5. The summed E-state index contributed by atoms with van der Waals surface area (Å²) in [6.45, 7) is 13.8. The molecule has 3 aromatic carbocycles. The standard InChI is InChI=1S/C32H40N4O3/c1-19-13-14-23-11-9-10-12-25(23)26(19)18-35-27-16-15-24(32(5,6)7)17-28(27)36(22(4)37)21(3)29(31(35)39)34-30(38)20(2)33-8/h9-17,20-21,29,33H,18H2,1-8H3,(H,34,38)/t20-,21-,29?/m0/s1. The van der Waals surface area contributed by atoms with E-state index in [0.29, 0.717) is 17.9 Å². The van der Waals surface area contributed by atoms with Crippen LogP contribution in [-0.4, -0.2) is 42.9 Å². The summed E-state index contributed by atoms with van der Waals surface area (Å²) >= 11 is 0. The first-order valence-corrected chi connectivity index (χ1v) is 13.6. The predicted octanol–water partition coefficient (Wildman–Crippen LogP) is 4.83. The van der Waals surface area contributed by atoms with Gasteiger partial charge in [-0.15, -0.1) is 0 Å². The number of aryl methyl sites for hydroxylation is 1.